The molecule has 0 heterocycles. The van der Waals surface area contributed by atoms with Gasteiger partial charge in [-0.05, 0) is 42.0 Å². The van der Waals surface area contributed by atoms with E-state index in [1.807, 2.05) is 42.5 Å². The fourth-order valence-electron chi connectivity index (χ4n) is 2.56. The number of nitrogens with one attached hydrogen (secondary N) is 2. The Hall–Kier alpha value is -3.67. The average Bonchev–Trinajstić information content (AvgIpc) is 2.74. The topological polar surface area (TPSA) is 68.8 Å². The lowest BCUT2D eigenvalue weighted by Crippen LogP contribution is -2.19. The third kappa shape index (κ3) is 5.17. The molecule has 0 bridgehead atoms. The molecule has 0 spiro atoms. The number of hydrogen-bond acceptors (Lipinski definition) is 4. The van der Waals surface area contributed by atoms with Gasteiger partial charge in [0.05, 0.1) is 19.9 Å². The van der Waals surface area contributed by atoms with E-state index in [0.29, 0.717) is 29.5 Å². The number of hydrogen-bond donors (Lipinski definition) is 2. The number of anilines is 2. The molecule has 0 atom stereocenters. The van der Waals surface area contributed by atoms with Crippen LogP contribution in [0.5, 0.6) is 17.2 Å². The van der Waals surface area contributed by atoms with Gasteiger partial charge in [0.2, 0.25) is 0 Å². The molecule has 2 N–H and O–H groups in total. The highest BCUT2D eigenvalue weighted by molar-refractivity contribution is 6.00. The molecule has 0 aliphatic carbocycles. The van der Waals surface area contributed by atoms with Crippen LogP contribution in [-0.4, -0.2) is 20.3 Å². The average molecular weight is 378 g/mol. The first-order chi connectivity index (χ1) is 13.7. The number of ether oxygens (including phenoxy) is 3. The predicted molar refractivity (Wildman–Crippen MR) is 109 cm³/mol. The number of carbonyl (C=O) groups excluding carboxylic acids is 1. The minimum Gasteiger partial charge on any atom is -0.497 e. The summed E-state index contributed by atoms with van der Waals surface area (Å²) in [5, 5.41) is 5.54. The van der Waals surface area contributed by atoms with Crippen LogP contribution < -0.4 is 24.8 Å². The van der Waals surface area contributed by atoms with Gasteiger partial charge in [0.1, 0.15) is 23.9 Å². The molecular formula is C22H22N2O4. The number of carbonyl (C=O) groups is 1. The van der Waals surface area contributed by atoms with Gasteiger partial charge < -0.3 is 24.8 Å². The molecule has 3 aromatic carbocycles. The van der Waals surface area contributed by atoms with E-state index in [9.17, 15) is 4.79 Å². The van der Waals surface area contributed by atoms with Gasteiger partial charge in [0.25, 0.3) is 0 Å². The van der Waals surface area contributed by atoms with Crippen LogP contribution in [0.3, 0.4) is 0 Å². The molecular weight excluding hydrogens is 356 g/mol. The van der Waals surface area contributed by atoms with Crippen LogP contribution in [0.4, 0.5) is 16.2 Å². The van der Waals surface area contributed by atoms with Crippen molar-refractivity contribution in [1.82, 2.24) is 0 Å². The third-order valence-corrected chi connectivity index (χ3v) is 4.02. The molecule has 0 saturated heterocycles. The molecule has 0 unspecified atom stereocenters. The number of amides is 2. The summed E-state index contributed by atoms with van der Waals surface area (Å²) in [6, 6.07) is 21.9. The molecule has 0 fully saturated rings. The first-order valence-electron chi connectivity index (χ1n) is 8.75. The zero-order valence-corrected chi connectivity index (χ0v) is 15.8. The van der Waals surface area contributed by atoms with E-state index in [4.69, 9.17) is 14.2 Å². The standard InChI is InChI=1S/C22H22N2O4/c1-26-19-12-13-20(21(14-19)27-2)24-22(25)23-17-8-10-18(11-9-17)28-15-16-6-4-3-5-7-16/h3-14H,15H2,1-2H3,(H2,23,24,25). The second kappa shape index (κ2) is 9.32. The zero-order chi connectivity index (χ0) is 19.8. The van der Waals surface area contributed by atoms with Gasteiger partial charge in [0, 0.05) is 11.8 Å². The molecule has 0 aromatic heterocycles. The van der Waals surface area contributed by atoms with E-state index in [1.165, 1.54) is 7.11 Å². The van der Waals surface area contributed by atoms with Crippen molar-refractivity contribution in [2.24, 2.45) is 0 Å². The minimum absolute atomic E-state index is 0.374. The molecule has 3 aromatic rings. The minimum atomic E-state index is -0.374. The molecule has 0 saturated carbocycles. The zero-order valence-electron chi connectivity index (χ0n) is 15.8. The van der Waals surface area contributed by atoms with Gasteiger partial charge in [-0.1, -0.05) is 30.3 Å². The van der Waals surface area contributed by atoms with Crippen LogP contribution in [-0.2, 0) is 6.61 Å². The van der Waals surface area contributed by atoms with Crippen molar-refractivity contribution in [3.8, 4) is 17.2 Å². The summed E-state index contributed by atoms with van der Waals surface area (Å²) in [5.74, 6) is 1.89. The Morgan fingerprint density at radius 3 is 2.21 bits per heavy atom. The van der Waals surface area contributed by atoms with Crippen LogP contribution in [0.1, 0.15) is 5.56 Å². The van der Waals surface area contributed by atoms with Crippen LogP contribution in [0, 0.1) is 0 Å². The fourth-order valence-corrected chi connectivity index (χ4v) is 2.56. The lowest BCUT2D eigenvalue weighted by molar-refractivity contribution is 0.262. The largest absolute Gasteiger partial charge is 0.497 e. The number of benzene rings is 3. The Morgan fingerprint density at radius 2 is 1.54 bits per heavy atom. The van der Waals surface area contributed by atoms with E-state index < -0.39 is 0 Å². The quantitative estimate of drug-likeness (QED) is 0.612. The van der Waals surface area contributed by atoms with Crippen LogP contribution in [0.25, 0.3) is 0 Å². The summed E-state index contributed by atoms with van der Waals surface area (Å²) < 4.78 is 16.2. The first kappa shape index (κ1) is 19.1. The van der Waals surface area contributed by atoms with E-state index in [1.54, 1.807) is 37.4 Å². The summed E-state index contributed by atoms with van der Waals surface area (Å²) in [4.78, 5) is 12.3. The van der Waals surface area contributed by atoms with Gasteiger partial charge >= 0.3 is 6.03 Å². The maximum Gasteiger partial charge on any atom is 0.323 e. The van der Waals surface area contributed by atoms with Crippen molar-refractivity contribution in [1.29, 1.82) is 0 Å². The van der Waals surface area contributed by atoms with Crippen molar-refractivity contribution in [2.75, 3.05) is 24.9 Å². The molecule has 6 nitrogen and oxygen atoms in total. The van der Waals surface area contributed by atoms with Gasteiger partial charge in [0.15, 0.2) is 0 Å². The lowest BCUT2D eigenvalue weighted by atomic mass is 10.2. The highest BCUT2D eigenvalue weighted by Gasteiger charge is 2.09. The van der Waals surface area contributed by atoms with Crippen molar-refractivity contribution >= 4 is 17.4 Å². The fraction of sp³-hybridized carbons (Fsp3) is 0.136. The third-order valence-electron chi connectivity index (χ3n) is 4.02. The van der Waals surface area contributed by atoms with Gasteiger partial charge in [-0.15, -0.1) is 0 Å². The molecule has 0 aliphatic rings. The SMILES string of the molecule is COc1ccc(NC(=O)Nc2ccc(OCc3ccccc3)cc2)c(OC)c1. The second-order valence-corrected chi connectivity index (χ2v) is 5.94. The van der Waals surface area contributed by atoms with Crippen LogP contribution in [0.2, 0.25) is 0 Å². The lowest BCUT2D eigenvalue weighted by Gasteiger charge is -2.13. The van der Waals surface area contributed by atoms with E-state index in [-0.39, 0.29) is 6.03 Å². The summed E-state index contributed by atoms with van der Waals surface area (Å²) in [6.07, 6.45) is 0. The molecule has 0 radical (unpaired) electrons. The summed E-state index contributed by atoms with van der Waals surface area (Å²) in [7, 11) is 3.11. The summed E-state index contributed by atoms with van der Waals surface area (Å²) >= 11 is 0. The van der Waals surface area contributed by atoms with Crippen molar-refractivity contribution in [3.05, 3.63) is 78.4 Å². The second-order valence-electron chi connectivity index (χ2n) is 5.94. The molecule has 0 aliphatic heterocycles. The highest BCUT2D eigenvalue weighted by Crippen LogP contribution is 2.29. The van der Waals surface area contributed by atoms with Gasteiger partial charge in [-0.3, -0.25) is 0 Å². The monoisotopic (exact) mass is 378 g/mol. The van der Waals surface area contributed by atoms with E-state index in [2.05, 4.69) is 10.6 Å². The molecule has 2 amide bonds. The number of urea groups is 1. The Bertz CT molecular complexity index is 912. The maximum absolute atomic E-state index is 12.3. The predicted octanol–water partition coefficient (Wildman–Crippen LogP) is 4.93. The molecule has 144 valence electrons. The first-order valence-corrected chi connectivity index (χ1v) is 8.75. The van der Waals surface area contributed by atoms with E-state index in [0.717, 1.165) is 11.3 Å². The Morgan fingerprint density at radius 1 is 0.821 bits per heavy atom. The maximum atomic E-state index is 12.3. The highest BCUT2D eigenvalue weighted by atomic mass is 16.5. The van der Waals surface area contributed by atoms with Crippen molar-refractivity contribution in [2.45, 2.75) is 6.61 Å². The molecule has 3 rings (SSSR count). The van der Waals surface area contributed by atoms with Gasteiger partial charge in [-0.2, -0.15) is 0 Å². The number of rotatable bonds is 7. The van der Waals surface area contributed by atoms with E-state index >= 15 is 0 Å². The van der Waals surface area contributed by atoms with Crippen molar-refractivity contribution < 1.29 is 19.0 Å². The summed E-state index contributed by atoms with van der Waals surface area (Å²) in [6.45, 7) is 0.491. The Balaban J connectivity index is 1.56. The van der Waals surface area contributed by atoms with Crippen LogP contribution >= 0.6 is 0 Å². The molecule has 6 heteroatoms. The Kier molecular flexibility index (Phi) is 6.36. The molecule has 28 heavy (non-hydrogen) atoms. The van der Waals surface area contributed by atoms with Crippen molar-refractivity contribution in [3.63, 3.8) is 0 Å². The summed E-state index contributed by atoms with van der Waals surface area (Å²) in [5.41, 5.74) is 2.29. The smallest absolute Gasteiger partial charge is 0.323 e. The number of methoxy groups -OCH3 is 2. The van der Waals surface area contributed by atoms with Crippen LogP contribution in [0.15, 0.2) is 72.8 Å². The van der Waals surface area contributed by atoms with Gasteiger partial charge in [-0.25, -0.2) is 4.79 Å². The Labute approximate surface area is 164 Å². The normalized spacial score (nSPS) is 10.1.